The summed E-state index contributed by atoms with van der Waals surface area (Å²) in [7, 11) is -3.20. The van der Waals surface area contributed by atoms with Crippen molar-refractivity contribution in [2.45, 2.75) is 6.04 Å². The van der Waals surface area contributed by atoms with Crippen LogP contribution in [0.2, 0.25) is 0 Å². The fourth-order valence-corrected chi connectivity index (χ4v) is 3.15. The largest absolute Gasteiger partial charge is 0.415 e. The predicted octanol–water partition coefficient (Wildman–Crippen LogP) is -0.0871. The number of rotatable bonds is 6. The molecule has 1 aliphatic rings. The van der Waals surface area contributed by atoms with E-state index in [1.807, 2.05) is 0 Å². The fraction of sp³-hybridized carbons (Fsp3) is 0.500. The van der Waals surface area contributed by atoms with E-state index in [0.29, 0.717) is 11.5 Å². The zero-order valence-electron chi connectivity index (χ0n) is 8.34. The summed E-state index contributed by atoms with van der Waals surface area (Å²) in [6, 6.07) is -0.677. The second kappa shape index (κ2) is 5.35. The third-order valence-electron chi connectivity index (χ3n) is 1.82. The predicted molar refractivity (Wildman–Crippen MR) is 59.7 cm³/mol. The highest BCUT2D eigenvalue weighted by Crippen LogP contribution is 2.09. The van der Waals surface area contributed by atoms with Crippen LogP contribution in [-0.4, -0.2) is 43.8 Å². The molecule has 6 nitrogen and oxygen atoms in total. The van der Waals surface area contributed by atoms with E-state index in [1.54, 1.807) is 0 Å². The zero-order chi connectivity index (χ0) is 12.2. The maximum atomic E-state index is 11.0. The van der Waals surface area contributed by atoms with E-state index < -0.39 is 27.9 Å². The molecule has 1 atom stereocenters. The molecule has 1 amide bonds. The quantitative estimate of drug-likeness (QED) is 0.410. The van der Waals surface area contributed by atoms with Crippen LogP contribution in [0.1, 0.15) is 0 Å². The SMILES string of the molecule is C=CS(=O)(=O)CCSCC1NC(=O)OC1=O. The van der Waals surface area contributed by atoms with E-state index in [1.165, 1.54) is 11.8 Å². The summed E-state index contributed by atoms with van der Waals surface area (Å²) in [5.41, 5.74) is 0. The number of amides is 1. The molecule has 1 saturated heterocycles. The van der Waals surface area contributed by atoms with Crippen LogP contribution in [0, 0.1) is 0 Å². The lowest BCUT2D eigenvalue weighted by Gasteiger charge is -2.04. The fourth-order valence-electron chi connectivity index (χ4n) is 0.962. The number of alkyl carbamates (subject to hydrolysis) is 1. The second-order valence-corrected chi connectivity index (χ2v) is 6.23. The molecular weight excluding hydrogens is 254 g/mol. The first-order valence-electron chi connectivity index (χ1n) is 4.40. The number of nitrogens with one attached hydrogen (secondary N) is 1. The smallest absolute Gasteiger partial charge is 0.375 e. The lowest BCUT2D eigenvalue weighted by atomic mass is 10.4. The van der Waals surface area contributed by atoms with Crippen LogP contribution in [0.15, 0.2) is 12.0 Å². The Kier molecular flexibility index (Phi) is 4.36. The molecule has 8 heteroatoms. The summed E-state index contributed by atoms with van der Waals surface area (Å²) in [6.07, 6.45) is -0.755. The van der Waals surface area contributed by atoms with Crippen molar-refractivity contribution in [3.63, 3.8) is 0 Å². The standard InChI is InChI=1S/C8H11NO5S2/c1-2-16(12,13)4-3-15-5-6-7(10)14-8(11)9-6/h2,6H,1,3-5H2,(H,9,11). The summed E-state index contributed by atoms with van der Waals surface area (Å²) in [4.78, 5) is 21.6. The molecule has 1 rings (SSSR count). The van der Waals surface area contributed by atoms with Gasteiger partial charge in [0.15, 0.2) is 9.84 Å². The summed E-state index contributed by atoms with van der Waals surface area (Å²) in [6.45, 7) is 3.18. The van der Waals surface area contributed by atoms with Gasteiger partial charge in [0.2, 0.25) is 0 Å². The first-order chi connectivity index (χ1) is 7.44. The van der Waals surface area contributed by atoms with Gasteiger partial charge < -0.3 is 10.1 Å². The summed E-state index contributed by atoms with van der Waals surface area (Å²) < 4.78 is 26.3. The van der Waals surface area contributed by atoms with Gasteiger partial charge in [-0.25, -0.2) is 18.0 Å². The minimum absolute atomic E-state index is 0.0309. The molecule has 1 heterocycles. The summed E-state index contributed by atoms with van der Waals surface area (Å²) in [5.74, 6) is -0.00801. The van der Waals surface area contributed by atoms with Gasteiger partial charge in [-0.15, -0.1) is 0 Å². The van der Waals surface area contributed by atoms with Crippen molar-refractivity contribution < 1.29 is 22.7 Å². The second-order valence-electron chi connectivity index (χ2n) is 3.01. The minimum atomic E-state index is -3.20. The highest BCUT2D eigenvalue weighted by molar-refractivity contribution is 8.01. The van der Waals surface area contributed by atoms with E-state index in [0.717, 1.165) is 5.41 Å². The number of hydrogen-bond donors (Lipinski definition) is 1. The third-order valence-corrected chi connectivity index (χ3v) is 4.42. The maximum Gasteiger partial charge on any atom is 0.415 e. The maximum absolute atomic E-state index is 11.0. The van der Waals surface area contributed by atoms with Crippen molar-refractivity contribution in [2.24, 2.45) is 0 Å². The van der Waals surface area contributed by atoms with Crippen molar-refractivity contribution in [2.75, 3.05) is 17.3 Å². The van der Waals surface area contributed by atoms with Gasteiger partial charge in [0.1, 0.15) is 6.04 Å². The Morgan fingerprint density at radius 2 is 2.19 bits per heavy atom. The summed E-state index contributed by atoms with van der Waals surface area (Å²) in [5, 5.41) is 3.22. The molecule has 0 bridgehead atoms. The number of hydrogen-bond acceptors (Lipinski definition) is 6. The van der Waals surface area contributed by atoms with Gasteiger partial charge in [0, 0.05) is 16.9 Å². The molecule has 0 spiro atoms. The monoisotopic (exact) mass is 265 g/mol. The van der Waals surface area contributed by atoms with Crippen molar-refractivity contribution in [1.82, 2.24) is 5.32 Å². The van der Waals surface area contributed by atoms with E-state index in [-0.39, 0.29) is 5.75 Å². The van der Waals surface area contributed by atoms with Crippen LogP contribution in [0.4, 0.5) is 4.79 Å². The van der Waals surface area contributed by atoms with Gasteiger partial charge in [-0.2, -0.15) is 11.8 Å². The molecule has 1 fully saturated rings. The molecule has 0 aromatic carbocycles. The van der Waals surface area contributed by atoms with Crippen molar-refractivity contribution in [1.29, 1.82) is 0 Å². The number of thioether (sulfide) groups is 1. The molecule has 0 aromatic rings. The van der Waals surface area contributed by atoms with Crippen LogP contribution in [0.3, 0.4) is 0 Å². The first kappa shape index (κ1) is 13.0. The van der Waals surface area contributed by atoms with E-state index >= 15 is 0 Å². The molecule has 1 unspecified atom stereocenters. The molecule has 1 N–H and O–H groups in total. The van der Waals surface area contributed by atoms with Crippen molar-refractivity contribution >= 4 is 33.7 Å². The number of carbonyl (C=O) groups excluding carboxylic acids is 2. The van der Waals surface area contributed by atoms with Crippen molar-refractivity contribution in [3.8, 4) is 0 Å². The number of sulfone groups is 1. The van der Waals surface area contributed by atoms with Crippen LogP contribution >= 0.6 is 11.8 Å². The topological polar surface area (TPSA) is 89.5 Å². The molecule has 16 heavy (non-hydrogen) atoms. The number of esters is 1. The Morgan fingerprint density at radius 1 is 1.50 bits per heavy atom. The normalized spacial score (nSPS) is 20.4. The molecule has 1 aliphatic heterocycles. The summed E-state index contributed by atoms with van der Waals surface area (Å²) >= 11 is 1.26. The Bertz CT molecular complexity index is 403. The Morgan fingerprint density at radius 3 is 2.69 bits per heavy atom. The average molecular weight is 265 g/mol. The van der Waals surface area contributed by atoms with Gasteiger partial charge in [0.05, 0.1) is 5.75 Å². The van der Waals surface area contributed by atoms with Gasteiger partial charge in [-0.3, -0.25) is 0 Å². The molecule has 0 radical (unpaired) electrons. The Labute approximate surface area is 97.3 Å². The molecular formula is C8H11NO5S2. The molecule has 0 aromatic heterocycles. The average Bonchev–Trinajstić information content (AvgIpc) is 2.52. The number of carbonyl (C=O) groups is 2. The van der Waals surface area contributed by atoms with Crippen molar-refractivity contribution in [3.05, 3.63) is 12.0 Å². The zero-order valence-corrected chi connectivity index (χ0v) is 9.97. The molecule has 0 saturated carbocycles. The van der Waals surface area contributed by atoms with Gasteiger partial charge >= 0.3 is 12.1 Å². The van der Waals surface area contributed by atoms with E-state index in [2.05, 4.69) is 16.6 Å². The van der Waals surface area contributed by atoms with E-state index in [9.17, 15) is 18.0 Å². The highest BCUT2D eigenvalue weighted by Gasteiger charge is 2.31. The van der Waals surface area contributed by atoms with Crippen LogP contribution < -0.4 is 5.32 Å². The lowest BCUT2D eigenvalue weighted by Crippen LogP contribution is -2.31. The highest BCUT2D eigenvalue weighted by atomic mass is 32.2. The molecule has 90 valence electrons. The lowest BCUT2D eigenvalue weighted by molar-refractivity contribution is -0.134. The Balaban J connectivity index is 2.24. The van der Waals surface area contributed by atoms with Gasteiger partial charge in [-0.05, 0) is 0 Å². The van der Waals surface area contributed by atoms with Crippen LogP contribution in [-0.2, 0) is 19.4 Å². The van der Waals surface area contributed by atoms with Crippen LogP contribution in [0.5, 0.6) is 0 Å². The van der Waals surface area contributed by atoms with Gasteiger partial charge in [-0.1, -0.05) is 6.58 Å². The Hall–Kier alpha value is -1.02. The van der Waals surface area contributed by atoms with Crippen LogP contribution in [0.25, 0.3) is 0 Å². The first-order valence-corrected chi connectivity index (χ1v) is 7.27. The van der Waals surface area contributed by atoms with Gasteiger partial charge in [0.25, 0.3) is 0 Å². The van der Waals surface area contributed by atoms with E-state index in [4.69, 9.17) is 0 Å². The third kappa shape index (κ3) is 3.86. The number of cyclic esters (lactones) is 2. The number of ether oxygens (including phenoxy) is 1. The molecule has 0 aliphatic carbocycles. The minimum Gasteiger partial charge on any atom is -0.375 e.